The molecule has 0 bridgehead atoms. The minimum absolute atomic E-state index is 0.0307. The minimum atomic E-state index is -0.480. The van der Waals surface area contributed by atoms with E-state index in [1.54, 1.807) is 42.5 Å². The minimum Gasteiger partial charge on any atom is -0.496 e. The molecule has 0 aliphatic heterocycles. The number of anilines is 1. The molecule has 1 N–H and O–H groups in total. The summed E-state index contributed by atoms with van der Waals surface area (Å²) in [6.45, 7) is 2.50. The van der Waals surface area contributed by atoms with Crippen LogP contribution in [0.4, 0.5) is 6.01 Å². The average Bonchev–Trinajstić information content (AvgIpc) is 3.16. The Morgan fingerprint density at radius 1 is 1.04 bits per heavy atom. The lowest BCUT2D eigenvalue weighted by molar-refractivity contribution is 0.101. The van der Waals surface area contributed by atoms with Gasteiger partial charge < -0.3 is 18.6 Å². The molecule has 1 heterocycles. The molecule has 8 heteroatoms. The van der Waals surface area contributed by atoms with Gasteiger partial charge >= 0.3 is 6.01 Å². The van der Waals surface area contributed by atoms with Gasteiger partial charge in [0.2, 0.25) is 5.89 Å². The van der Waals surface area contributed by atoms with Gasteiger partial charge in [-0.2, -0.15) is 0 Å². The number of methoxy groups -OCH3 is 2. The molecule has 0 atom stereocenters. The number of hydrogen-bond acceptors (Lipinski definition) is 7. The number of hydrogen-bond donors (Lipinski definition) is 1. The SMILES string of the molecule is CCOc1ccc(-c2nnc(NC(=O)c3c(OC)cccc3OC)o2)cc1. The van der Waals surface area contributed by atoms with Gasteiger partial charge in [-0.3, -0.25) is 10.1 Å². The van der Waals surface area contributed by atoms with Crippen molar-refractivity contribution in [3.63, 3.8) is 0 Å². The van der Waals surface area contributed by atoms with Gasteiger partial charge in [-0.05, 0) is 43.3 Å². The number of nitrogens with zero attached hydrogens (tertiary/aromatic N) is 2. The molecule has 1 amide bonds. The lowest BCUT2D eigenvalue weighted by Crippen LogP contribution is -2.14. The summed E-state index contributed by atoms with van der Waals surface area (Å²) in [4.78, 5) is 12.6. The molecular formula is C19H19N3O5. The highest BCUT2D eigenvalue weighted by Gasteiger charge is 2.20. The fourth-order valence-corrected chi connectivity index (χ4v) is 2.49. The Balaban J connectivity index is 1.79. The first-order valence-electron chi connectivity index (χ1n) is 8.25. The molecule has 0 unspecified atom stereocenters. The molecule has 8 nitrogen and oxygen atoms in total. The molecule has 0 radical (unpaired) electrons. The quantitative estimate of drug-likeness (QED) is 0.682. The van der Waals surface area contributed by atoms with Crippen molar-refractivity contribution in [3.05, 3.63) is 48.0 Å². The molecule has 0 aliphatic rings. The predicted octanol–water partition coefficient (Wildman–Crippen LogP) is 3.40. The lowest BCUT2D eigenvalue weighted by atomic mass is 10.1. The molecule has 0 fully saturated rings. The average molecular weight is 369 g/mol. The Morgan fingerprint density at radius 2 is 1.70 bits per heavy atom. The van der Waals surface area contributed by atoms with Crippen LogP contribution in [0.2, 0.25) is 0 Å². The Labute approximate surface area is 156 Å². The van der Waals surface area contributed by atoms with Gasteiger partial charge in [0.05, 0.1) is 20.8 Å². The third-order valence-corrected chi connectivity index (χ3v) is 3.71. The van der Waals surface area contributed by atoms with E-state index in [0.717, 1.165) is 5.75 Å². The summed E-state index contributed by atoms with van der Waals surface area (Å²) in [5, 5.41) is 10.4. The number of aromatic nitrogens is 2. The van der Waals surface area contributed by atoms with Crippen molar-refractivity contribution in [1.82, 2.24) is 10.2 Å². The Morgan fingerprint density at radius 3 is 2.30 bits per heavy atom. The van der Waals surface area contributed by atoms with Crippen LogP contribution in [-0.4, -0.2) is 36.9 Å². The van der Waals surface area contributed by atoms with Crippen molar-refractivity contribution in [2.75, 3.05) is 26.1 Å². The van der Waals surface area contributed by atoms with Crippen molar-refractivity contribution >= 4 is 11.9 Å². The summed E-state index contributed by atoms with van der Waals surface area (Å²) in [7, 11) is 2.95. The monoisotopic (exact) mass is 369 g/mol. The predicted molar refractivity (Wildman–Crippen MR) is 98.4 cm³/mol. The third kappa shape index (κ3) is 4.00. The van der Waals surface area contributed by atoms with Crippen LogP contribution in [0.25, 0.3) is 11.5 Å². The largest absolute Gasteiger partial charge is 0.496 e. The molecule has 27 heavy (non-hydrogen) atoms. The van der Waals surface area contributed by atoms with E-state index in [4.69, 9.17) is 18.6 Å². The van der Waals surface area contributed by atoms with Gasteiger partial charge in [-0.1, -0.05) is 11.2 Å². The van der Waals surface area contributed by atoms with Crippen LogP contribution in [0, 0.1) is 0 Å². The molecule has 0 aliphatic carbocycles. The van der Waals surface area contributed by atoms with Crippen LogP contribution < -0.4 is 19.5 Å². The number of carbonyl (C=O) groups is 1. The van der Waals surface area contributed by atoms with Gasteiger partial charge in [-0.25, -0.2) is 0 Å². The van der Waals surface area contributed by atoms with Gasteiger partial charge in [-0.15, -0.1) is 5.10 Å². The van der Waals surface area contributed by atoms with Crippen molar-refractivity contribution in [3.8, 4) is 28.7 Å². The first-order chi connectivity index (χ1) is 13.2. The highest BCUT2D eigenvalue weighted by molar-refractivity contribution is 6.07. The summed E-state index contributed by atoms with van der Waals surface area (Å²) in [5.74, 6) is 1.29. The smallest absolute Gasteiger partial charge is 0.322 e. The Bertz CT molecular complexity index is 899. The van der Waals surface area contributed by atoms with E-state index in [1.165, 1.54) is 14.2 Å². The second-order valence-electron chi connectivity index (χ2n) is 5.36. The molecule has 2 aromatic carbocycles. The van der Waals surface area contributed by atoms with Gasteiger partial charge in [0.25, 0.3) is 5.91 Å². The van der Waals surface area contributed by atoms with Crippen molar-refractivity contribution in [2.45, 2.75) is 6.92 Å². The van der Waals surface area contributed by atoms with E-state index in [9.17, 15) is 4.79 Å². The number of rotatable bonds is 7. The topological polar surface area (TPSA) is 95.7 Å². The van der Waals surface area contributed by atoms with E-state index in [0.29, 0.717) is 23.7 Å². The summed E-state index contributed by atoms with van der Waals surface area (Å²) in [6, 6.07) is 12.2. The van der Waals surface area contributed by atoms with Gasteiger partial charge in [0, 0.05) is 5.56 Å². The van der Waals surface area contributed by atoms with Gasteiger partial charge in [0.1, 0.15) is 22.8 Å². The number of amides is 1. The maximum atomic E-state index is 12.6. The molecule has 1 aromatic heterocycles. The summed E-state index contributed by atoms with van der Waals surface area (Å²) < 4.78 is 21.4. The van der Waals surface area contributed by atoms with E-state index in [-0.39, 0.29) is 17.5 Å². The van der Waals surface area contributed by atoms with Crippen LogP contribution in [0.1, 0.15) is 17.3 Å². The van der Waals surface area contributed by atoms with E-state index in [2.05, 4.69) is 15.5 Å². The van der Waals surface area contributed by atoms with Crippen molar-refractivity contribution in [2.24, 2.45) is 0 Å². The maximum absolute atomic E-state index is 12.6. The molecular weight excluding hydrogens is 350 g/mol. The third-order valence-electron chi connectivity index (χ3n) is 3.71. The normalized spacial score (nSPS) is 10.3. The highest BCUT2D eigenvalue weighted by atomic mass is 16.5. The highest BCUT2D eigenvalue weighted by Crippen LogP contribution is 2.29. The molecule has 0 spiro atoms. The lowest BCUT2D eigenvalue weighted by Gasteiger charge is -2.11. The summed E-state index contributed by atoms with van der Waals surface area (Å²) in [6.07, 6.45) is 0. The second-order valence-corrected chi connectivity index (χ2v) is 5.36. The Kier molecular flexibility index (Phi) is 5.55. The van der Waals surface area contributed by atoms with E-state index < -0.39 is 5.91 Å². The fraction of sp³-hybridized carbons (Fsp3) is 0.211. The first-order valence-corrected chi connectivity index (χ1v) is 8.25. The molecule has 3 rings (SSSR count). The zero-order valence-electron chi connectivity index (χ0n) is 15.2. The first kappa shape index (κ1) is 18.2. The van der Waals surface area contributed by atoms with Crippen molar-refractivity contribution in [1.29, 1.82) is 0 Å². The van der Waals surface area contributed by atoms with E-state index >= 15 is 0 Å². The zero-order valence-corrected chi connectivity index (χ0v) is 15.2. The van der Waals surface area contributed by atoms with Crippen LogP contribution in [0.5, 0.6) is 17.2 Å². The zero-order chi connectivity index (χ0) is 19.2. The standard InChI is InChI=1S/C19H19N3O5/c1-4-26-13-10-8-12(9-11-13)18-21-22-19(27-18)20-17(23)16-14(24-2)6-5-7-15(16)25-3/h5-11H,4H2,1-3H3,(H,20,22,23). The number of nitrogens with one attached hydrogen (secondary N) is 1. The number of ether oxygens (including phenoxy) is 3. The van der Waals surface area contributed by atoms with Crippen LogP contribution in [0.15, 0.2) is 46.9 Å². The number of benzene rings is 2. The van der Waals surface area contributed by atoms with E-state index in [1.807, 2.05) is 6.92 Å². The fourth-order valence-electron chi connectivity index (χ4n) is 2.49. The van der Waals surface area contributed by atoms with Crippen LogP contribution >= 0.6 is 0 Å². The summed E-state index contributed by atoms with van der Waals surface area (Å²) in [5.41, 5.74) is 0.949. The van der Waals surface area contributed by atoms with Crippen molar-refractivity contribution < 1.29 is 23.4 Å². The van der Waals surface area contributed by atoms with Gasteiger partial charge in [0.15, 0.2) is 0 Å². The Hall–Kier alpha value is -3.55. The summed E-state index contributed by atoms with van der Waals surface area (Å²) >= 11 is 0. The second kappa shape index (κ2) is 8.22. The van der Waals surface area contributed by atoms with Crippen LogP contribution in [-0.2, 0) is 0 Å². The molecule has 0 saturated carbocycles. The maximum Gasteiger partial charge on any atom is 0.322 e. The van der Waals surface area contributed by atoms with Crippen LogP contribution in [0.3, 0.4) is 0 Å². The number of carbonyl (C=O) groups excluding carboxylic acids is 1. The molecule has 3 aromatic rings. The molecule has 140 valence electrons. The molecule has 0 saturated heterocycles.